The van der Waals surface area contributed by atoms with E-state index in [0.717, 1.165) is 32.1 Å². The predicted octanol–water partition coefficient (Wildman–Crippen LogP) is 3.41. The zero-order valence-electron chi connectivity index (χ0n) is 12.1. The molecule has 1 aromatic rings. The molecule has 2 saturated heterocycles. The molecule has 0 saturated carbocycles. The van der Waals surface area contributed by atoms with Gasteiger partial charge in [0.25, 0.3) is 0 Å². The van der Waals surface area contributed by atoms with Crippen molar-refractivity contribution >= 4 is 16.6 Å². The normalized spacial score (nSPS) is 31.9. The van der Waals surface area contributed by atoms with E-state index in [4.69, 9.17) is 0 Å². The highest BCUT2D eigenvalue weighted by Crippen LogP contribution is 2.37. The lowest BCUT2D eigenvalue weighted by molar-refractivity contribution is -0.123. The number of rotatable bonds is 4. The molecule has 0 aromatic heterocycles. The van der Waals surface area contributed by atoms with Crippen molar-refractivity contribution in [3.63, 3.8) is 0 Å². The standard InChI is InChI=1S/C17H21FO2S/c18-16-7-2-1-4-12(16)8-9-17(19)13-10-14-5-3-6-15(11-13)21(14)20/h1-2,4,7,13-15H,3,5-6,8-11H2. The summed E-state index contributed by atoms with van der Waals surface area (Å²) in [6, 6.07) is 6.65. The van der Waals surface area contributed by atoms with Crippen molar-refractivity contribution in [3.05, 3.63) is 35.6 Å². The first-order valence-electron chi connectivity index (χ1n) is 7.80. The smallest absolute Gasteiger partial charge is 0.136 e. The number of ketones is 1. The fourth-order valence-corrected chi connectivity index (χ4v) is 5.85. The molecular weight excluding hydrogens is 287 g/mol. The Hall–Kier alpha value is -1.03. The number of carbonyl (C=O) groups excluding carboxylic acids is 1. The van der Waals surface area contributed by atoms with Crippen molar-refractivity contribution in [1.29, 1.82) is 0 Å². The van der Waals surface area contributed by atoms with Crippen molar-refractivity contribution in [2.24, 2.45) is 5.92 Å². The van der Waals surface area contributed by atoms with Gasteiger partial charge in [-0.05, 0) is 43.7 Å². The molecule has 2 bridgehead atoms. The van der Waals surface area contributed by atoms with Crippen LogP contribution in [0.25, 0.3) is 0 Å². The van der Waals surface area contributed by atoms with E-state index in [1.807, 2.05) is 0 Å². The summed E-state index contributed by atoms with van der Waals surface area (Å²) in [5, 5.41) is 0.444. The number of fused-ring (bicyclic) bond motifs is 2. The molecule has 21 heavy (non-hydrogen) atoms. The topological polar surface area (TPSA) is 34.1 Å². The molecule has 0 spiro atoms. The van der Waals surface area contributed by atoms with Crippen LogP contribution in [0.15, 0.2) is 24.3 Å². The fourth-order valence-electron chi connectivity index (χ4n) is 3.66. The van der Waals surface area contributed by atoms with Gasteiger partial charge in [0.1, 0.15) is 11.6 Å². The van der Waals surface area contributed by atoms with E-state index in [-0.39, 0.29) is 28.0 Å². The second-order valence-electron chi connectivity index (χ2n) is 6.23. The molecule has 1 aromatic carbocycles. The molecule has 2 heterocycles. The number of hydrogen-bond acceptors (Lipinski definition) is 2. The van der Waals surface area contributed by atoms with Crippen LogP contribution in [0, 0.1) is 11.7 Å². The minimum atomic E-state index is -0.729. The molecule has 114 valence electrons. The largest absolute Gasteiger partial charge is 0.299 e. The molecule has 2 aliphatic heterocycles. The summed E-state index contributed by atoms with van der Waals surface area (Å²) >= 11 is 0. The zero-order chi connectivity index (χ0) is 14.8. The lowest BCUT2D eigenvalue weighted by atomic mass is 9.85. The van der Waals surface area contributed by atoms with Gasteiger partial charge >= 0.3 is 0 Å². The Balaban J connectivity index is 1.59. The molecule has 0 radical (unpaired) electrons. The van der Waals surface area contributed by atoms with E-state index in [1.54, 1.807) is 18.2 Å². The number of carbonyl (C=O) groups is 1. The summed E-state index contributed by atoms with van der Waals surface area (Å²) in [7, 11) is -0.729. The highest BCUT2D eigenvalue weighted by molar-refractivity contribution is 7.86. The third kappa shape index (κ3) is 3.25. The van der Waals surface area contributed by atoms with Crippen LogP contribution in [0.1, 0.15) is 44.1 Å². The van der Waals surface area contributed by atoms with Crippen molar-refractivity contribution in [3.8, 4) is 0 Å². The lowest BCUT2D eigenvalue weighted by Gasteiger charge is -2.37. The Morgan fingerprint density at radius 2 is 1.86 bits per heavy atom. The van der Waals surface area contributed by atoms with Crippen molar-refractivity contribution in [1.82, 2.24) is 0 Å². The molecule has 0 amide bonds. The summed E-state index contributed by atoms with van der Waals surface area (Å²) in [4.78, 5) is 12.4. The summed E-state index contributed by atoms with van der Waals surface area (Å²) < 4.78 is 25.7. The minimum Gasteiger partial charge on any atom is -0.299 e. The highest BCUT2D eigenvalue weighted by atomic mass is 32.2. The number of halogens is 1. The van der Waals surface area contributed by atoms with Gasteiger partial charge in [0, 0.05) is 33.6 Å². The molecule has 4 heteroatoms. The zero-order valence-corrected chi connectivity index (χ0v) is 12.9. The number of hydrogen-bond donors (Lipinski definition) is 0. The van der Waals surface area contributed by atoms with Crippen molar-refractivity contribution < 1.29 is 13.4 Å². The maximum atomic E-state index is 13.6. The van der Waals surface area contributed by atoms with E-state index >= 15 is 0 Å². The van der Waals surface area contributed by atoms with Gasteiger partial charge in [0.15, 0.2) is 0 Å². The number of benzene rings is 1. The minimum absolute atomic E-state index is 0.0461. The highest BCUT2D eigenvalue weighted by Gasteiger charge is 2.40. The van der Waals surface area contributed by atoms with Gasteiger partial charge in [0.2, 0.25) is 0 Å². The quantitative estimate of drug-likeness (QED) is 0.854. The SMILES string of the molecule is O=C(CCc1ccccc1F)C1CC2CCCC(C1)S2=O. The van der Waals surface area contributed by atoms with Crippen LogP contribution >= 0.6 is 0 Å². The van der Waals surface area contributed by atoms with Crippen molar-refractivity contribution in [2.75, 3.05) is 0 Å². The molecule has 2 nitrogen and oxygen atoms in total. The Morgan fingerprint density at radius 3 is 2.52 bits per heavy atom. The molecular formula is C17H21FO2S. The summed E-state index contributed by atoms with van der Waals surface area (Å²) in [6.45, 7) is 0. The second kappa shape index (κ2) is 6.39. The van der Waals surface area contributed by atoms with Crippen LogP contribution in [-0.4, -0.2) is 20.5 Å². The van der Waals surface area contributed by atoms with Gasteiger partial charge < -0.3 is 0 Å². The lowest BCUT2D eigenvalue weighted by Crippen LogP contribution is -2.41. The Kier molecular flexibility index (Phi) is 4.53. The average Bonchev–Trinajstić information content (AvgIpc) is 2.46. The van der Waals surface area contributed by atoms with Gasteiger partial charge in [-0.1, -0.05) is 24.6 Å². The monoisotopic (exact) mass is 308 g/mol. The van der Waals surface area contributed by atoms with Crippen LogP contribution in [0.3, 0.4) is 0 Å². The van der Waals surface area contributed by atoms with Gasteiger partial charge in [-0.2, -0.15) is 0 Å². The summed E-state index contributed by atoms with van der Waals surface area (Å²) in [6.07, 6.45) is 5.58. The maximum absolute atomic E-state index is 13.6. The van der Waals surface area contributed by atoms with Gasteiger partial charge in [-0.3, -0.25) is 9.00 Å². The first-order chi connectivity index (χ1) is 10.1. The Labute approximate surface area is 127 Å². The molecule has 0 N–H and O–H groups in total. The maximum Gasteiger partial charge on any atom is 0.136 e. The third-order valence-corrected chi connectivity index (χ3v) is 7.03. The first kappa shape index (κ1) is 14.9. The van der Waals surface area contributed by atoms with Crippen molar-refractivity contribution in [2.45, 2.75) is 55.4 Å². The van der Waals surface area contributed by atoms with E-state index in [9.17, 15) is 13.4 Å². The van der Waals surface area contributed by atoms with Gasteiger partial charge in [0.05, 0.1) is 0 Å². The van der Waals surface area contributed by atoms with E-state index < -0.39 is 10.8 Å². The summed E-state index contributed by atoms with van der Waals surface area (Å²) in [5.41, 5.74) is 0.616. The van der Waals surface area contributed by atoms with Crippen LogP contribution in [0.4, 0.5) is 4.39 Å². The summed E-state index contributed by atoms with van der Waals surface area (Å²) in [5.74, 6) is 0.0449. The molecule has 2 aliphatic rings. The molecule has 0 aliphatic carbocycles. The fraction of sp³-hybridized carbons (Fsp3) is 0.588. The van der Waals surface area contributed by atoms with Crippen LogP contribution in [0.2, 0.25) is 0 Å². The van der Waals surface area contributed by atoms with Gasteiger partial charge in [-0.15, -0.1) is 0 Å². The van der Waals surface area contributed by atoms with E-state index in [0.29, 0.717) is 18.4 Å². The molecule has 3 rings (SSSR count). The molecule has 2 atom stereocenters. The number of Topliss-reactive ketones (excluding diaryl/α,β-unsaturated/α-hetero) is 1. The van der Waals surface area contributed by atoms with Gasteiger partial charge in [-0.25, -0.2) is 4.39 Å². The second-order valence-corrected chi connectivity index (χ2v) is 8.22. The van der Waals surface area contributed by atoms with Crippen LogP contribution < -0.4 is 0 Å². The third-order valence-electron chi connectivity index (χ3n) is 4.86. The molecule has 2 unspecified atom stereocenters. The predicted molar refractivity (Wildman–Crippen MR) is 82.0 cm³/mol. The first-order valence-corrected chi connectivity index (χ1v) is 9.08. The van der Waals surface area contributed by atoms with Crippen LogP contribution in [-0.2, 0) is 22.0 Å². The Bertz CT molecular complexity index is 541. The van der Waals surface area contributed by atoms with Crippen LogP contribution in [0.5, 0.6) is 0 Å². The molecule has 2 fully saturated rings. The van der Waals surface area contributed by atoms with E-state index in [2.05, 4.69) is 0 Å². The Morgan fingerprint density at radius 1 is 1.19 bits per heavy atom. The van der Waals surface area contributed by atoms with E-state index in [1.165, 1.54) is 6.07 Å². The average molecular weight is 308 g/mol. The number of aryl methyl sites for hydroxylation is 1.